The summed E-state index contributed by atoms with van der Waals surface area (Å²) in [5.41, 5.74) is 1.80. The highest BCUT2D eigenvalue weighted by Gasteiger charge is 2.07. The highest BCUT2D eigenvalue weighted by Crippen LogP contribution is 2.27. The SMILES string of the molecule is CC(C)c1nc2cc(/C=C/C(=O)O)ccc2s1. The number of hydrogen-bond acceptors (Lipinski definition) is 3. The molecule has 1 N–H and O–H groups in total. The smallest absolute Gasteiger partial charge is 0.328 e. The van der Waals surface area contributed by atoms with E-state index in [0.717, 1.165) is 26.9 Å². The predicted molar refractivity (Wildman–Crippen MR) is 70.4 cm³/mol. The maximum absolute atomic E-state index is 10.4. The van der Waals surface area contributed by atoms with Crippen LogP contribution in [0.3, 0.4) is 0 Å². The normalized spacial score (nSPS) is 11.7. The van der Waals surface area contributed by atoms with Gasteiger partial charge in [0.2, 0.25) is 0 Å². The third kappa shape index (κ3) is 2.71. The van der Waals surface area contributed by atoms with Crippen LogP contribution in [0.2, 0.25) is 0 Å². The van der Waals surface area contributed by atoms with Gasteiger partial charge >= 0.3 is 5.97 Å². The lowest BCUT2D eigenvalue weighted by molar-refractivity contribution is -0.131. The van der Waals surface area contributed by atoms with E-state index in [2.05, 4.69) is 18.8 Å². The summed E-state index contributed by atoms with van der Waals surface area (Å²) in [4.78, 5) is 15.0. The van der Waals surface area contributed by atoms with E-state index in [9.17, 15) is 4.79 Å². The second-order valence-electron chi connectivity index (χ2n) is 4.11. The molecule has 1 aromatic heterocycles. The third-order valence-electron chi connectivity index (χ3n) is 2.34. The highest BCUT2D eigenvalue weighted by atomic mass is 32.1. The standard InChI is InChI=1S/C13H13NO2S/c1-8(2)13-14-10-7-9(4-6-12(15)16)3-5-11(10)17-13/h3-8H,1-2H3,(H,15,16)/b6-4+. The maximum Gasteiger partial charge on any atom is 0.328 e. The van der Waals surface area contributed by atoms with Crippen LogP contribution in [-0.2, 0) is 4.79 Å². The van der Waals surface area contributed by atoms with E-state index in [1.54, 1.807) is 17.4 Å². The molecule has 88 valence electrons. The number of thiazole rings is 1. The fraction of sp³-hybridized carbons (Fsp3) is 0.231. The van der Waals surface area contributed by atoms with Gasteiger partial charge < -0.3 is 5.11 Å². The number of aliphatic carboxylic acids is 1. The van der Waals surface area contributed by atoms with Crippen LogP contribution in [0.5, 0.6) is 0 Å². The van der Waals surface area contributed by atoms with Gasteiger partial charge in [-0.25, -0.2) is 9.78 Å². The van der Waals surface area contributed by atoms with E-state index in [4.69, 9.17) is 5.11 Å². The minimum atomic E-state index is -0.939. The highest BCUT2D eigenvalue weighted by molar-refractivity contribution is 7.18. The van der Waals surface area contributed by atoms with Crippen LogP contribution in [0.1, 0.15) is 30.3 Å². The average Bonchev–Trinajstić information content (AvgIpc) is 2.69. The first-order chi connectivity index (χ1) is 8.06. The number of rotatable bonds is 3. The first kappa shape index (κ1) is 11.8. The van der Waals surface area contributed by atoms with Crippen molar-refractivity contribution in [2.45, 2.75) is 19.8 Å². The summed E-state index contributed by atoms with van der Waals surface area (Å²) in [6, 6.07) is 5.81. The zero-order chi connectivity index (χ0) is 12.4. The summed E-state index contributed by atoms with van der Waals surface area (Å²) in [5, 5.41) is 9.68. The van der Waals surface area contributed by atoms with Crippen molar-refractivity contribution >= 4 is 33.6 Å². The van der Waals surface area contributed by atoms with Crippen molar-refractivity contribution in [3.8, 4) is 0 Å². The minimum absolute atomic E-state index is 0.422. The number of carbonyl (C=O) groups is 1. The largest absolute Gasteiger partial charge is 0.478 e. The first-order valence-electron chi connectivity index (χ1n) is 5.38. The van der Waals surface area contributed by atoms with Crippen molar-refractivity contribution in [1.29, 1.82) is 0 Å². The van der Waals surface area contributed by atoms with Crippen LogP contribution in [-0.4, -0.2) is 16.1 Å². The Labute approximate surface area is 103 Å². The van der Waals surface area contributed by atoms with E-state index < -0.39 is 5.97 Å². The number of benzene rings is 1. The first-order valence-corrected chi connectivity index (χ1v) is 6.19. The van der Waals surface area contributed by atoms with E-state index in [0.29, 0.717) is 5.92 Å². The predicted octanol–water partition coefficient (Wildman–Crippen LogP) is 3.52. The average molecular weight is 247 g/mol. The molecule has 0 aliphatic heterocycles. The number of hydrogen-bond donors (Lipinski definition) is 1. The third-order valence-corrected chi connectivity index (χ3v) is 3.68. The Kier molecular flexibility index (Phi) is 3.24. The molecule has 0 spiro atoms. The quantitative estimate of drug-likeness (QED) is 0.844. The van der Waals surface area contributed by atoms with E-state index >= 15 is 0 Å². The Morgan fingerprint density at radius 1 is 1.47 bits per heavy atom. The molecule has 0 unspecified atom stereocenters. The number of carboxylic acids is 1. The summed E-state index contributed by atoms with van der Waals surface area (Å²) in [6.45, 7) is 4.23. The Morgan fingerprint density at radius 3 is 2.88 bits per heavy atom. The summed E-state index contributed by atoms with van der Waals surface area (Å²) in [5.74, 6) is -0.517. The van der Waals surface area contributed by atoms with Gasteiger partial charge in [-0.15, -0.1) is 11.3 Å². The molecule has 0 amide bonds. The second kappa shape index (κ2) is 4.67. The van der Waals surface area contributed by atoms with Crippen LogP contribution in [0.4, 0.5) is 0 Å². The van der Waals surface area contributed by atoms with Gasteiger partial charge in [0, 0.05) is 12.0 Å². The number of carboxylic acid groups (broad SMARTS) is 1. The van der Waals surface area contributed by atoms with E-state index in [1.807, 2.05) is 18.2 Å². The molecule has 0 atom stereocenters. The number of fused-ring (bicyclic) bond motifs is 1. The molecule has 0 aliphatic carbocycles. The zero-order valence-corrected chi connectivity index (χ0v) is 10.5. The minimum Gasteiger partial charge on any atom is -0.478 e. The number of aromatic nitrogens is 1. The van der Waals surface area contributed by atoms with Gasteiger partial charge in [-0.3, -0.25) is 0 Å². The summed E-state index contributed by atoms with van der Waals surface area (Å²) in [7, 11) is 0. The lowest BCUT2D eigenvalue weighted by Crippen LogP contribution is -1.85. The van der Waals surface area contributed by atoms with Gasteiger partial charge in [0.15, 0.2) is 0 Å². The van der Waals surface area contributed by atoms with Gasteiger partial charge in [0.1, 0.15) is 0 Å². The summed E-state index contributed by atoms with van der Waals surface area (Å²) < 4.78 is 1.14. The molecule has 0 fully saturated rings. The van der Waals surface area contributed by atoms with Crippen molar-refractivity contribution in [2.24, 2.45) is 0 Å². The molecule has 1 aromatic carbocycles. The van der Waals surface area contributed by atoms with Gasteiger partial charge in [0.05, 0.1) is 15.2 Å². The summed E-state index contributed by atoms with van der Waals surface area (Å²) >= 11 is 1.69. The van der Waals surface area contributed by atoms with Crippen molar-refractivity contribution in [1.82, 2.24) is 4.98 Å². The molecule has 0 saturated heterocycles. The molecule has 1 heterocycles. The molecule has 0 aliphatic rings. The zero-order valence-electron chi connectivity index (χ0n) is 9.68. The van der Waals surface area contributed by atoms with Crippen molar-refractivity contribution in [3.05, 3.63) is 34.8 Å². The fourth-order valence-corrected chi connectivity index (χ4v) is 2.43. The van der Waals surface area contributed by atoms with Crippen molar-refractivity contribution in [3.63, 3.8) is 0 Å². The summed E-state index contributed by atoms with van der Waals surface area (Å²) in [6.07, 6.45) is 2.72. The molecule has 0 bridgehead atoms. The molecule has 0 radical (unpaired) electrons. The van der Waals surface area contributed by atoms with Gasteiger partial charge in [-0.05, 0) is 23.8 Å². The van der Waals surface area contributed by atoms with Crippen LogP contribution in [0, 0.1) is 0 Å². The van der Waals surface area contributed by atoms with Crippen molar-refractivity contribution in [2.75, 3.05) is 0 Å². The fourth-order valence-electron chi connectivity index (χ4n) is 1.48. The molecular formula is C13H13NO2S. The lowest BCUT2D eigenvalue weighted by Gasteiger charge is -1.94. The molecule has 4 heteroatoms. The molecule has 0 saturated carbocycles. The van der Waals surface area contributed by atoms with E-state index in [-0.39, 0.29) is 0 Å². The van der Waals surface area contributed by atoms with Crippen LogP contribution in [0.15, 0.2) is 24.3 Å². The molecule has 2 rings (SSSR count). The maximum atomic E-state index is 10.4. The lowest BCUT2D eigenvalue weighted by atomic mass is 10.2. The van der Waals surface area contributed by atoms with Gasteiger partial charge in [-0.1, -0.05) is 19.9 Å². The molecular weight excluding hydrogens is 234 g/mol. The Balaban J connectivity index is 2.40. The van der Waals surface area contributed by atoms with E-state index in [1.165, 1.54) is 0 Å². The van der Waals surface area contributed by atoms with Crippen LogP contribution < -0.4 is 0 Å². The van der Waals surface area contributed by atoms with Gasteiger partial charge in [-0.2, -0.15) is 0 Å². The molecule has 2 aromatic rings. The molecule has 3 nitrogen and oxygen atoms in total. The second-order valence-corrected chi connectivity index (χ2v) is 5.17. The van der Waals surface area contributed by atoms with Crippen LogP contribution in [0.25, 0.3) is 16.3 Å². The monoisotopic (exact) mass is 247 g/mol. The Morgan fingerprint density at radius 2 is 2.24 bits per heavy atom. The van der Waals surface area contributed by atoms with Crippen LogP contribution >= 0.6 is 11.3 Å². The van der Waals surface area contributed by atoms with Gasteiger partial charge in [0.25, 0.3) is 0 Å². The molecule has 17 heavy (non-hydrogen) atoms. The van der Waals surface area contributed by atoms with Crippen molar-refractivity contribution < 1.29 is 9.90 Å². The Bertz CT molecular complexity index is 584. The topological polar surface area (TPSA) is 50.2 Å². The number of nitrogens with zero attached hydrogens (tertiary/aromatic N) is 1. The Hall–Kier alpha value is -1.68.